The number of allylic oxidation sites excluding steroid dienone is 3. The Kier molecular flexibility index (Phi) is 5.64. The van der Waals surface area contributed by atoms with Gasteiger partial charge in [-0.3, -0.25) is 4.79 Å². The van der Waals surface area contributed by atoms with Crippen molar-refractivity contribution >= 4 is 11.8 Å². The molecule has 0 saturated heterocycles. The van der Waals surface area contributed by atoms with Crippen LogP contribution in [0, 0.1) is 5.41 Å². The van der Waals surface area contributed by atoms with Crippen LogP contribution in [0.15, 0.2) is 46.8 Å². The Labute approximate surface area is 166 Å². The number of carbonyl (C=O) groups is 2. The summed E-state index contributed by atoms with van der Waals surface area (Å²) in [6.07, 6.45) is 1.24. The van der Waals surface area contributed by atoms with E-state index < -0.39 is 5.92 Å². The molecule has 0 unspecified atom stereocenters. The van der Waals surface area contributed by atoms with Crippen molar-refractivity contribution in [3.63, 3.8) is 0 Å². The first kappa shape index (κ1) is 20.2. The summed E-state index contributed by atoms with van der Waals surface area (Å²) in [4.78, 5) is 25.9. The Morgan fingerprint density at radius 1 is 1.14 bits per heavy atom. The van der Waals surface area contributed by atoms with Gasteiger partial charge in [-0.15, -0.1) is 0 Å². The quantitative estimate of drug-likeness (QED) is 0.770. The molecule has 1 aliphatic heterocycles. The Hall–Kier alpha value is -2.56. The van der Waals surface area contributed by atoms with Crippen LogP contribution < -0.4 is 10.1 Å². The van der Waals surface area contributed by atoms with E-state index in [1.165, 1.54) is 0 Å². The van der Waals surface area contributed by atoms with Gasteiger partial charge in [0.15, 0.2) is 5.78 Å². The second kappa shape index (κ2) is 7.82. The van der Waals surface area contributed by atoms with E-state index >= 15 is 0 Å². The third kappa shape index (κ3) is 3.84. The van der Waals surface area contributed by atoms with E-state index in [1.54, 1.807) is 6.92 Å². The second-order valence-corrected chi connectivity index (χ2v) is 8.15. The molecule has 2 aliphatic rings. The molecule has 3 rings (SSSR count). The molecule has 1 aromatic carbocycles. The van der Waals surface area contributed by atoms with Gasteiger partial charge in [0, 0.05) is 29.3 Å². The van der Waals surface area contributed by atoms with Crippen LogP contribution in [0.1, 0.15) is 58.9 Å². The first-order valence-electron chi connectivity index (χ1n) is 9.91. The van der Waals surface area contributed by atoms with Crippen molar-refractivity contribution in [2.45, 2.75) is 53.4 Å². The number of rotatable bonds is 5. The van der Waals surface area contributed by atoms with Gasteiger partial charge in [-0.2, -0.15) is 0 Å². The highest BCUT2D eigenvalue weighted by Crippen LogP contribution is 2.46. The summed E-state index contributed by atoms with van der Waals surface area (Å²) in [6, 6.07) is 7.64. The fourth-order valence-electron chi connectivity index (χ4n) is 4.17. The average Bonchev–Trinajstić information content (AvgIpc) is 2.60. The van der Waals surface area contributed by atoms with Gasteiger partial charge < -0.3 is 14.8 Å². The maximum atomic E-state index is 13.1. The smallest absolute Gasteiger partial charge is 0.336 e. The van der Waals surface area contributed by atoms with E-state index in [9.17, 15) is 9.59 Å². The maximum Gasteiger partial charge on any atom is 0.336 e. The lowest BCUT2D eigenvalue weighted by Crippen LogP contribution is -2.38. The molecule has 1 heterocycles. The number of ether oxygens (including phenoxy) is 2. The number of nitrogens with one attached hydrogen (secondary N) is 1. The summed E-state index contributed by atoms with van der Waals surface area (Å²) in [7, 11) is 0. The highest BCUT2D eigenvalue weighted by molar-refractivity contribution is 6.04. The van der Waals surface area contributed by atoms with Crippen LogP contribution >= 0.6 is 0 Å². The molecular weight excluding hydrogens is 354 g/mol. The van der Waals surface area contributed by atoms with Crippen molar-refractivity contribution in [1.29, 1.82) is 0 Å². The normalized spacial score (nSPS) is 21.2. The summed E-state index contributed by atoms with van der Waals surface area (Å²) in [5.74, 6) is 0.0564. The molecule has 5 nitrogen and oxygen atoms in total. The number of hydrogen-bond acceptors (Lipinski definition) is 5. The highest BCUT2D eigenvalue weighted by atomic mass is 16.5. The Morgan fingerprint density at radius 3 is 2.43 bits per heavy atom. The van der Waals surface area contributed by atoms with Crippen LogP contribution in [0.4, 0.5) is 0 Å². The molecule has 1 aromatic rings. The molecular formula is C23H29NO4. The number of benzene rings is 1. The summed E-state index contributed by atoms with van der Waals surface area (Å²) < 4.78 is 10.9. The first-order valence-corrected chi connectivity index (χ1v) is 9.91. The summed E-state index contributed by atoms with van der Waals surface area (Å²) in [6.45, 7) is 10.7. The molecule has 1 N–H and O–H groups in total. The van der Waals surface area contributed by atoms with Gasteiger partial charge in [0.2, 0.25) is 0 Å². The van der Waals surface area contributed by atoms with Crippen molar-refractivity contribution in [3.8, 4) is 5.75 Å². The van der Waals surface area contributed by atoms with Crippen LogP contribution in [0.25, 0.3) is 0 Å². The summed E-state index contributed by atoms with van der Waals surface area (Å²) >= 11 is 0. The molecule has 150 valence electrons. The number of carbonyl (C=O) groups excluding carboxylic acids is 2. The molecule has 0 bridgehead atoms. The molecule has 28 heavy (non-hydrogen) atoms. The zero-order valence-electron chi connectivity index (χ0n) is 17.3. The number of esters is 1. The molecule has 0 fully saturated rings. The minimum atomic E-state index is -0.422. The zero-order chi connectivity index (χ0) is 20.5. The van der Waals surface area contributed by atoms with Crippen molar-refractivity contribution in [2.75, 3.05) is 13.2 Å². The van der Waals surface area contributed by atoms with Gasteiger partial charge in [-0.1, -0.05) is 26.0 Å². The van der Waals surface area contributed by atoms with Crippen molar-refractivity contribution in [1.82, 2.24) is 5.32 Å². The standard InChI is InChI=1S/C23H29NO4/c1-6-27-16-10-8-15(9-11-16)20-19(22(26)28-7-2)14(3)24-17-12-23(4,5)13-18(25)21(17)20/h8-11,20,24H,6-7,12-13H2,1-5H3/t20-/m1/s1. The Morgan fingerprint density at radius 2 is 1.82 bits per heavy atom. The fraction of sp³-hybridized carbons (Fsp3) is 0.478. The predicted octanol–water partition coefficient (Wildman–Crippen LogP) is 4.25. The van der Waals surface area contributed by atoms with Crippen LogP contribution in [0.2, 0.25) is 0 Å². The highest BCUT2D eigenvalue weighted by Gasteiger charge is 2.43. The third-order valence-electron chi connectivity index (χ3n) is 5.26. The van der Waals surface area contributed by atoms with Gasteiger partial charge in [0.1, 0.15) is 5.75 Å². The molecule has 0 aromatic heterocycles. The van der Waals surface area contributed by atoms with Crippen LogP contribution in [-0.2, 0) is 14.3 Å². The van der Waals surface area contributed by atoms with Gasteiger partial charge in [0.05, 0.1) is 18.8 Å². The van der Waals surface area contributed by atoms with Gasteiger partial charge in [-0.25, -0.2) is 4.79 Å². The Bertz CT molecular complexity index is 846. The lowest BCUT2D eigenvalue weighted by atomic mass is 9.68. The van der Waals surface area contributed by atoms with Crippen LogP contribution in [0.3, 0.4) is 0 Å². The van der Waals surface area contributed by atoms with E-state index in [0.29, 0.717) is 30.8 Å². The SMILES string of the molecule is CCOC(=O)C1=C(C)NC2=C(C(=O)CC(C)(C)C2)[C@@H]1c1ccc(OCC)cc1. The molecule has 0 radical (unpaired) electrons. The zero-order valence-corrected chi connectivity index (χ0v) is 17.3. The number of hydrogen-bond donors (Lipinski definition) is 1. The minimum absolute atomic E-state index is 0.0898. The largest absolute Gasteiger partial charge is 0.494 e. The molecule has 0 spiro atoms. The average molecular weight is 383 g/mol. The topological polar surface area (TPSA) is 64.6 Å². The number of dihydropyridines is 1. The number of Topliss-reactive ketones (excluding diaryl/α,β-unsaturated/α-hetero) is 1. The van der Waals surface area contributed by atoms with Gasteiger partial charge in [0.25, 0.3) is 0 Å². The van der Waals surface area contributed by atoms with E-state index in [2.05, 4.69) is 19.2 Å². The number of ketones is 1. The lowest BCUT2D eigenvalue weighted by molar-refractivity contribution is -0.138. The van der Waals surface area contributed by atoms with Gasteiger partial charge >= 0.3 is 5.97 Å². The van der Waals surface area contributed by atoms with Crippen molar-refractivity contribution < 1.29 is 19.1 Å². The Balaban J connectivity index is 2.12. The predicted molar refractivity (Wildman–Crippen MR) is 108 cm³/mol. The monoisotopic (exact) mass is 383 g/mol. The summed E-state index contributed by atoms with van der Waals surface area (Å²) in [5, 5.41) is 3.34. The van der Waals surface area contributed by atoms with Crippen LogP contribution in [0.5, 0.6) is 5.75 Å². The van der Waals surface area contributed by atoms with Crippen molar-refractivity contribution in [2.24, 2.45) is 5.41 Å². The summed E-state index contributed by atoms with van der Waals surface area (Å²) in [5.41, 5.74) is 3.67. The lowest BCUT2D eigenvalue weighted by Gasteiger charge is -2.39. The van der Waals surface area contributed by atoms with E-state index in [0.717, 1.165) is 29.1 Å². The third-order valence-corrected chi connectivity index (χ3v) is 5.26. The van der Waals surface area contributed by atoms with Crippen molar-refractivity contribution in [3.05, 3.63) is 52.4 Å². The van der Waals surface area contributed by atoms with E-state index in [-0.39, 0.29) is 17.2 Å². The molecule has 5 heteroatoms. The van der Waals surface area contributed by atoms with Crippen LogP contribution in [-0.4, -0.2) is 25.0 Å². The van der Waals surface area contributed by atoms with E-state index in [1.807, 2.05) is 38.1 Å². The van der Waals surface area contributed by atoms with E-state index in [4.69, 9.17) is 9.47 Å². The molecule has 0 saturated carbocycles. The minimum Gasteiger partial charge on any atom is -0.494 e. The second-order valence-electron chi connectivity index (χ2n) is 8.15. The molecule has 1 atom stereocenters. The molecule has 1 aliphatic carbocycles. The molecule has 0 amide bonds. The maximum absolute atomic E-state index is 13.1. The first-order chi connectivity index (χ1) is 13.3. The van der Waals surface area contributed by atoms with Gasteiger partial charge in [-0.05, 0) is 50.3 Å². The fourth-order valence-corrected chi connectivity index (χ4v) is 4.17.